The number of hydrogen-bond acceptors (Lipinski definition) is 3. The molecule has 0 saturated heterocycles. The number of nitrogens with one attached hydrogen (secondary N) is 2. The Bertz CT molecular complexity index is 1640. The zero-order chi connectivity index (χ0) is 29.4. The molecule has 0 spiro atoms. The molecule has 0 heterocycles. The van der Waals surface area contributed by atoms with Crippen LogP contribution >= 0.6 is 0 Å². The molecule has 0 aromatic heterocycles. The summed E-state index contributed by atoms with van der Waals surface area (Å²) in [5, 5.41) is 9.03. The number of amides is 2. The summed E-state index contributed by atoms with van der Waals surface area (Å²) in [4.78, 5) is 15.5. The Morgan fingerprint density at radius 3 is 2.07 bits per heavy atom. The van der Waals surface area contributed by atoms with Gasteiger partial charge in [0.15, 0.2) is 0 Å². The van der Waals surface area contributed by atoms with Crippen molar-refractivity contribution < 1.29 is 9.53 Å². The lowest BCUT2D eigenvalue weighted by Gasteiger charge is -2.24. The highest BCUT2D eigenvalue weighted by molar-refractivity contribution is 6.03. The van der Waals surface area contributed by atoms with Crippen LogP contribution in [0.15, 0.2) is 115 Å². The van der Waals surface area contributed by atoms with Crippen molar-refractivity contribution in [1.29, 1.82) is 0 Å². The SMILES string of the molecule is COc1ccc(NC(=O)N(Cc2ccc(-c3ccc(CNC4CCCCC4)cc3)cc2)c2ccc3ccccc3c2)cc1. The molecule has 0 aliphatic heterocycles. The number of benzene rings is 5. The number of nitrogens with zero attached hydrogens (tertiary/aromatic N) is 1. The highest BCUT2D eigenvalue weighted by atomic mass is 16.5. The van der Waals surface area contributed by atoms with Crippen molar-refractivity contribution in [3.05, 3.63) is 126 Å². The first-order valence-corrected chi connectivity index (χ1v) is 15.3. The summed E-state index contributed by atoms with van der Waals surface area (Å²) in [6.07, 6.45) is 6.67. The molecule has 5 aromatic carbocycles. The fraction of sp³-hybridized carbons (Fsp3) is 0.237. The van der Waals surface area contributed by atoms with E-state index in [9.17, 15) is 4.79 Å². The van der Waals surface area contributed by atoms with Crippen molar-refractivity contribution in [3.63, 3.8) is 0 Å². The van der Waals surface area contributed by atoms with E-state index >= 15 is 0 Å². The summed E-state index contributed by atoms with van der Waals surface area (Å²) in [6, 6.07) is 39.6. The maximum atomic E-state index is 13.7. The Morgan fingerprint density at radius 1 is 0.744 bits per heavy atom. The van der Waals surface area contributed by atoms with Crippen molar-refractivity contribution in [2.75, 3.05) is 17.3 Å². The Morgan fingerprint density at radius 2 is 1.40 bits per heavy atom. The summed E-state index contributed by atoms with van der Waals surface area (Å²) in [5.41, 5.74) is 6.28. The van der Waals surface area contributed by atoms with E-state index in [0.717, 1.165) is 39.9 Å². The first-order valence-electron chi connectivity index (χ1n) is 15.3. The molecule has 5 nitrogen and oxygen atoms in total. The van der Waals surface area contributed by atoms with Crippen LogP contribution in [0.25, 0.3) is 21.9 Å². The number of fused-ring (bicyclic) bond motifs is 1. The fourth-order valence-electron chi connectivity index (χ4n) is 5.86. The number of hydrogen-bond donors (Lipinski definition) is 2. The molecule has 0 bridgehead atoms. The molecule has 5 heteroatoms. The molecular weight excluding hydrogens is 530 g/mol. The zero-order valence-corrected chi connectivity index (χ0v) is 24.8. The van der Waals surface area contributed by atoms with Crippen molar-refractivity contribution in [1.82, 2.24) is 5.32 Å². The zero-order valence-electron chi connectivity index (χ0n) is 24.8. The second kappa shape index (κ2) is 13.6. The number of carbonyl (C=O) groups is 1. The smallest absolute Gasteiger partial charge is 0.326 e. The van der Waals surface area contributed by atoms with E-state index in [0.29, 0.717) is 18.3 Å². The van der Waals surface area contributed by atoms with Gasteiger partial charge < -0.3 is 15.4 Å². The molecule has 0 unspecified atom stereocenters. The van der Waals surface area contributed by atoms with Gasteiger partial charge in [0.2, 0.25) is 0 Å². The minimum Gasteiger partial charge on any atom is -0.497 e. The van der Waals surface area contributed by atoms with Gasteiger partial charge in [0.05, 0.1) is 13.7 Å². The van der Waals surface area contributed by atoms with Gasteiger partial charge in [-0.15, -0.1) is 0 Å². The molecule has 1 saturated carbocycles. The molecule has 2 N–H and O–H groups in total. The third-order valence-electron chi connectivity index (χ3n) is 8.41. The summed E-state index contributed by atoms with van der Waals surface area (Å²) in [7, 11) is 1.63. The summed E-state index contributed by atoms with van der Waals surface area (Å²) in [6.45, 7) is 1.36. The standard InChI is InChI=1S/C38H39N3O2/c1-43-37-23-20-35(21-24-37)40-38(42)41(36-22-19-30-7-5-6-8-33(30)25-36)27-29-13-17-32(18-14-29)31-15-11-28(12-16-31)26-39-34-9-3-2-4-10-34/h5-8,11-25,34,39H,2-4,9-10,26-27H2,1H3,(H,40,42). The van der Waals surface area contributed by atoms with E-state index in [1.807, 2.05) is 42.5 Å². The highest BCUT2D eigenvalue weighted by Gasteiger charge is 2.18. The Kier molecular flexibility index (Phi) is 9.00. The molecule has 218 valence electrons. The Balaban J connectivity index is 1.17. The predicted octanol–water partition coefficient (Wildman–Crippen LogP) is 9.18. The van der Waals surface area contributed by atoms with E-state index in [4.69, 9.17) is 4.74 Å². The second-order valence-electron chi connectivity index (χ2n) is 11.4. The quantitative estimate of drug-likeness (QED) is 0.186. The average Bonchev–Trinajstić information content (AvgIpc) is 3.07. The van der Waals surface area contributed by atoms with Gasteiger partial charge in [0.25, 0.3) is 0 Å². The van der Waals surface area contributed by atoms with Crippen molar-refractivity contribution >= 4 is 28.2 Å². The first-order chi connectivity index (χ1) is 21.1. The molecule has 2 amide bonds. The number of methoxy groups -OCH3 is 1. The molecule has 0 atom stereocenters. The largest absolute Gasteiger partial charge is 0.497 e. The van der Waals surface area contributed by atoms with Gasteiger partial charge in [0, 0.05) is 24.0 Å². The second-order valence-corrected chi connectivity index (χ2v) is 11.4. The van der Waals surface area contributed by atoms with E-state index in [2.05, 4.69) is 83.4 Å². The molecule has 1 aliphatic carbocycles. The fourth-order valence-corrected chi connectivity index (χ4v) is 5.86. The van der Waals surface area contributed by atoms with Crippen LogP contribution in [-0.2, 0) is 13.1 Å². The van der Waals surface area contributed by atoms with E-state index in [-0.39, 0.29) is 6.03 Å². The molecular formula is C38H39N3O2. The first kappa shape index (κ1) is 28.5. The van der Waals surface area contributed by atoms with E-state index in [1.165, 1.54) is 43.2 Å². The van der Waals surface area contributed by atoms with Gasteiger partial charge in [-0.3, -0.25) is 4.90 Å². The lowest BCUT2D eigenvalue weighted by molar-refractivity contribution is 0.256. The van der Waals surface area contributed by atoms with Crippen LogP contribution in [0.3, 0.4) is 0 Å². The molecule has 0 radical (unpaired) electrons. The number of urea groups is 1. The van der Waals surface area contributed by atoms with Gasteiger partial charge in [-0.1, -0.05) is 98.1 Å². The van der Waals surface area contributed by atoms with Gasteiger partial charge >= 0.3 is 6.03 Å². The lowest BCUT2D eigenvalue weighted by Crippen LogP contribution is -2.34. The topological polar surface area (TPSA) is 53.6 Å². The minimum atomic E-state index is -0.193. The highest BCUT2D eigenvalue weighted by Crippen LogP contribution is 2.27. The Hall–Kier alpha value is -4.61. The van der Waals surface area contributed by atoms with Crippen molar-refractivity contribution in [3.8, 4) is 16.9 Å². The predicted molar refractivity (Wildman–Crippen MR) is 178 cm³/mol. The van der Waals surface area contributed by atoms with Crippen LogP contribution in [0.1, 0.15) is 43.2 Å². The number of anilines is 2. The van der Waals surface area contributed by atoms with Crippen LogP contribution in [0.4, 0.5) is 16.2 Å². The van der Waals surface area contributed by atoms with Crippen molar-refractivity contribution in [2.24, 2.45) is 0 Å². The summed E-state index contributed by atoms with van der Waals surface area (Å²) >= 11 is 0. The summed E-state index contributed by atoms with van der Waals surface area (Å²) < 4.78 is 5.27. The number of carbonyl (C=O) groups excluding carboxylic acids is 1. The van der Waals surface area contributed by atoms with Crippen LogP contribution in [-0.4, -0.2) is 19.2 Å². The average molecular weight is 570 g/mol. The Labute approximate surface area is 254 Å². The molecule has 5 aromatic rings. The van der Waals surface area contributed by atoms with Gasteiger partial charge in [0.1, 0.15) is 5.75 Å². The molecule has 1 aliphatic rings. The monoisotopic (exact) mass is 569 g/mol. The van der Waals surface area contributed by atoms with Crippen LogP contribution < -0.4 is 20.3 Å². The van der Waals surface area contributed by atoms with Gasteiger partial charge in [-0.25, -0.2) is 4.79 Å². The van der Waals surface area contributed by atoms with Crippen molar-refractivity contribution in [2.45, 2.75) is 51.2 Å². The normalized spacial score (nSPS) is 13.5. The number of ether oxygens (including phenoxy) is 1. The third kappa shape index (κ3) is 7.25. The minimum absolute atomic E-state index is 0.193. The van der Waals surface area contributed by atoms with Gasteiger partial charge in [-0.05, 0) is 82.3 Å². The molecule has 43 heavy (non-hydrogen) atoms. The maximum Gasteiger partial charge on any atom is 0.326 e. The molecule has 1 fully saturated rings. The van der Waals surface area contributed by atoms with Crippen LogP contribution in [0.2, 0.25) is 0 Å². The van der Waals surface area contributed by atoms with E-state index in [1.54, 1.807) is 12.0 Å². The van der Waals surface area contributed by atoms with E-state index < -0.39 is 0 Å². The lowest BCUT2D eigenvalue weighted by atomic mass is 9.95. The van der Waals surface area contributed by atoms with Crippen LogP contribution in [0, 0.1) is 0 Å². The van der Waals surface area contributed by atoms with Gasteiger partial charge in [-0.2, -0.15) is 0 Å². The molecule has 6 rings (SSSR count). The number of rotatable bonds is 9. The maximum absolute atomic E-state index is 13.7. The summed E-state index contributed by atoms with van der Waals surface area (Å²) in [5.74, 6) is 0.746. The third-order valence-corrected chi connectivity index (χ3v) is 8.41. The van der Waals surface area contributed by atoms with Crippen LogP contribution in [0.5, 0.6) is 5.75 Å².